The molecule has 1 unspecified atom stereocenters. The number of aryl methyl sites for hydroxylation is 1. The molecule has 1 saturated heterocycles. The fourth-order valence-corrected chi connectivity index (χ4v) is 5.29. The number of anilines is 1. The molecule has 5 rings (SSSR count). The number of nitrogens with zero attached hydrogens (tertiary/aromatic N) is 6. The van der Waals surface area contributed by atoms with Gasteiger partial charge < -0.3 is 15.0 Å². The molecule has 1 aromatic carbocycles. The van der Waals surface area contributed by atoms with Crippen molar-refractivity contribution in [3.63, 3.8) is 0 Å². The lowest BCUT2D eigenvalue weighted by atomic mass is 10.1. The van der Waals surface area contributed by atoms with E-state index in [4.69, 9.17) is 26.3 Å². The third-order valence-electron chi connectivity index (χ3n) is 5.95. The van der Waals surface area contributed by atoms with Crippen LogP contribution in [0.2, 0.25) is 5.02 Å². The Labute approximate surface area is 207 Å². The average molecular weight is 517 g/mol. The first-order valence-corrected chi connectivity index (χ1v) is 13.4. The third-order valence-corrected chi connectivity index (χ3v) is 7.57. The number of H-pyrrole nitrogens is 1. The summed E-state index contributed by atoms with van der Waals surface area (Å²) in [6.07, 6.45) is 3.61. The number of imidazole rings is 1. The molecule has 0 radical (unpaired) electrons. The van der Waals surface area contributed by atoms with E-state index in [9.17, 15) is 8.42 Å². The van der Waals surface area contributed by atoms with E-state index in [1.165, 1.54) is 16.9 Å². The van der Waals surface area contributed by atoms with E-state index in [1.54, 1.807) is 6.07 Å². The van der Waals surface area contributed by atoms with Gasteiger partial charge in [-0.1, -0.05) is 17.7 Å². The molecule has 1 aliphatic rings. The number of piperidine rings is 1. The highest BCUT2D eigenvalue weighted by Gasteiger charge is 2.27. The highest BCUT2D eigenvalue weighted by Crippen LogP contribution is 2.33. The van der Waals surface area contributed by atoms with Crippen LogP contribution < -0.4 is 10.1 Å². The van der Waals surface area contributed by atoms with E-state index >= 15 is 0 Å². The number of benzene rings is 1. The van der Waals surface area contributed by atoms with E-state index in [2.05, 4.69) is 25.3 Å². The minimum absolute atomic E-state index is 0.187. The van der Waals surface area contributed by atoms with Gasteiger partial charge in [0.25, 0.3) is 0 Å². The first kappa shape index (κ1) is 23.6. The van der Waals surface area contributed by atoms with Crippen molar-refractivity contribution in [3.8, 4) is 5.88 Å². The average Bonchev–Trinajstić information content (AvgIpc) is 3.20. The van der Waals surface area contributed by atoms with Crippen molar-refractivity contribution in [2.75, 3.05) is 24.7 Å². The highest BCUT2D eigenvalue weighted by atomic mass is 35.5. The van der Waals surface area contributed by atoms with Crippen LogP contribution in [0.5, 0.6) is 5.88 Å². The molecule has 4 aromatic rings. The second kappa shape index (κ2) is 9.17. The van der Waals surface area contributed by atoms with Crippen molar-refractivity contribution in [2.45, 2.75) is 38.8 Å². The van der Waals surface area contributed by atoms with Crippen LogP contribution in [0, 0.1) is 6.92 Å². The first-order chi connectivity index (χ1) is 16.7. The number of fused-ring (bicyclic) bond motifs is 2. The summed E-state index contributed by atoms with van der Waals surface area (Å²) >= 11 is 6.50. The topological polar surface area (TPSA) is 139 Å². The summed E-state index contributed by atoms with van der Waals surface area (Å²) in [5.74, 6) is 2.22. The van der Waals surface area contributed by atoms with E-state index in [0.717, 1.165) is 5.82 Å². The summed E-state index contributed by atoms with van der Waals surface area (Å²) in [7, 11) is -3.22. The zero-order valence-corrected chi connectivity index (χ0v) is 21.1. The predicted octanol–water partition coefficient (Wildman–Crippen LogP) is 3.23. The van der Waals surface area contributed by atoms with Gasteiger partial charge in [-0.15, -0.1) is 0 Å². The third kappa shape index (κ3) is 4.86. The van der Waals surface area contributed by atoms with Gasteiger partial charge in [0.1, 0.15) is 23.8 Å². The van der Waals surface area contributed by atoms with Crippen molar-refractivity contribution in [3.05, 3.63) is 41.2 Å². The molecule has 3 aromatic heterocycles. The van der Waals surface area contributed by atoms with Crippen molar-refractivity contribution < 1.29 is 13.2 Å². The number of aromatic amines is 1. The van der Waals surface area contributed by atoms with Crippen LogP contribution in [0.4, 0.5) is 5.82 Å². The maximum atomic E-state index is 11.8. The maximum absolute atomic E-state index is 11.8. The van der Waals surface area contributed by atoms with Crippen molar-refractivity contribution in [2.24, 2.45) is 0 Å². The highest BCUT2D eigenvalue weighted by molar-refractivity contribution is 7.88. The molecular weight excluding hydrogens is 492 g/mol. The number of sulfonamides is 1. The van der Waals surface area contributed by atoms with Gasteiger partial charge in [-0.25, -0.2) is 32.7 Å². The predicted molar refractivity (Wildman–Crippen MR) is 133 cm³/mol. The van der Waals surface area contributed by atoms with E-state index in [0.29, 0.717) is 70.5 Å². The van der Waals surface area contributed by atoms with Crippen LogP contribution in [0.3, 0.4) is 0 Å². The molecule has 1 atom stereocenters. The second-order valence-corrected chi connectivity index (χ2v) is 11.0. The molecule has 0 saturated carbocycles. The SMILES string of the molecule is Cc1nc2ncnc(NC(C)c3nc(OC4CCN(S(C)(=O)=O)CC4)c4c(Cl)cccc4n3)c2[nH]1. The van der Waals surface area contributed by atoms with Crippen LogP contribution in [0.1, 0.15) is 37.5 Å². The molecule has 1 fully saturated rings. The Bertz CT molecular complexity index is 1500. The Balaban J connectivity index is 1.44. The van der Waals surface area contributed by atoms with Gasteiger partial charge in [-0.3, -0.25) is 0 Å². The summed E-state index contributed by atoms with van der Waals surface area (Å²) in [5.41, 5.74) is 1.93. The lowest BCUT2D eigenvalue weighted by Crippen LogP contribution is -2.41. The number of hydrogen-bond donors (Lipinski definition) is 2. The molecule has 4 heterocycles. The minimum Gasteiger partial charge on any atom is -0.474 e. The Hall–Kier alpha value is -3.09. The number of halogens is 1. The van der Waals surface area contributed by atoms with E-state index in [1.807, 2.05) is 26.0 Å². The molecule has 0 aliphatic carbocycles. The van der Waals surface area contributed by atoms with E-state index < -0.39 is 10.0 Å². The minimum atomic E-state index is -3.22. The fraction of sp³-hybridized carbons (Fsp3) is 0.409. The quantitative estimate of drug-likeness (QED) is 0.395. The summed E-state index contributed by atoms with van der Waals surface area (Å²) in [4.78, 5) is 25.5. The Kier molecular flexibility index (Phi) is 6.20. The fourth-order valence-electron chi connectivity index (χ4n) is 4.17. The number of rotatable bonds is 6. The number of hydrogen-bond acceptors (Lipinski definition) is 9. The van der Waals surface area contributed by atoms with Crippen LogP contribution in [0.15, 0.2) is 24.5 Å². The monoisotopic (exact) mass is 516 g/mol. The summed E-state index contributed by atoms with van der Waals surface area (Å²) < 4.78 is 31.5. The van der Waals surface area contributed by atoms with Crippen molar-refractivity contribution >= 4 is 49.5 Å². The molecule has 0 bridgehead atoms. The molecular formula is C22H25ClN8O3S. The molecule has 11 nitrogen and oxygen atoms in total. The van der Waals surface area contributed by atoms with Crippen LogP contribution in [-0.2, 0) is 10.0 Å². The summed E-state index contributed by atoms with van der Waals surface area (Å²) in [5, 5.41) is 4.46. The Morgan fingerprint density at radius 3 is 2.71 bits per heavy atom. The standard InChI is InChI=1S/C22H25ClN8O3S/c1-12(26-20-18-21(25-11-24-20)28-13(2)27-18)19-29-16-6-4-5-15(23)17(16)22(30-19)34-14-7-9-31(10-8-14)35(3,32)33/h4-6,11-12,14H,7-10H2,1-3H3,(H2,24,25,26,27,28). The molecule has 1 aliphatic heterocycles. The van der Waals surface area contributed by atoms with Gasteiger partial charge in [0.15, 0.2) is 17.3 Å². The van der Waals surface area contributed by atoms with Crippen molar-refractivity contribution in [1.82, 2.24) is 34.2 Å². The maximum Gasteiger partial charge on any atom is 0.226 e. The molecule has 35 heavy (non-hydrogen) atoms. The zero-order valence-electron chi connectivity index (χ0n) is 19.5. The second-order valence-electron chi connectivity index (χ2n) is 8.61. The van der Waals surface area contributed by atoms with Gasteiger partial charge in [0.05, 0.1) is 28.2 Å². The van der Waals surface area contributed by atoms with Crippen LogP contribution in [-0.4, -0.2) is 68.1 Å². The van der Waals surface area contributed by atoms with Crippen molar-refractivity contribution in [1.29, 1.82) is 0 Å². The largest absolute Gasteiger partial charge is 0.474 e. The summed E-state index contributed by atoms with van der Waals surface area (Å²) in [6.45, 7) is 4.59. The molecule has 2 N–H and O–H groups in total. The van der Waals surface area contributed by atoms with E-state index in [-0.39, 0.29) is 12.1 Å². The van der Waals surface area contributed by atoms with Crippen LogP contribution in [0.25, 0.3) is 22.1 Å². The molecule has 13 heteroatoms. The number of ether oxygens (including phenoxy) is 1. The van der Waals surface area contributed by atoms with Gasteiger partial charge in [0.2, 0.25) is 15.9 Å². The van der Waals surface area contributed by atoms with Gasteiger partial charge in [-0.2, -0.15) is 4.98 Å². The zero-order chi connectivity index (χ0) is 24.7. The van der Waals surface area contributed by atoms with Gasteiger partial charge >= 0.3 is 0 Å². The number of nitrogens with one attached hydrogen (secondary N) is 2. The number of aromatic nitrogens is 6. The Morgan fingerprint density at radius 2 is 1.97 bits per heavy atom. The van der Waals surface area contributed by atoms with Gasteiger partial charge in [0, 0.05) is 13.1 Å². The lowest BCUT2D eigenvalue weighted by Gasteiger charge is -2.30. The summed E-state index contributed by atoms with van der Waals surface area (Å²) in [6, 6.07) is 5.13. The molecule has 184 valence electrons. The van der Waals surface area contributed by atoms with Gasteiger partial charge in [-0.05, 0) is 38.8 Å². The lowest BCUT2D eigenvalue weighted by molar-refractivity contribution is 0.131. The molecule has 0 amide bonds. The van der Waals surface area contributed by atoms with Crippen LogP contribution >= 0.6 is 11.6 Å². The smallest absolute Gasteiger partial charge is 0.226 e. The Morgan fingerprint density at radius 1 is 1.20 bits per heavy atom. The first-order valence-electron chi connectivity index (χ1n) is 11.2. The normalized spacial score (nSPS) is 16.6. The molecule has 0 spiro atoms.